The zero-order valence-electron chi connectivity index (χ0n) is 15.7. The van der Waals surface area contributed by atoms with Crippen molar-refractivity contribution in [3.63, 3.8) is 0 Å². The molecule has 3 rings (SSSR count). The molecule has 148 valence electrons. The first-order valence-electron chi connectivity index (χ1n) is 9.47. The number of rotatable bonds is 4. The van der Waals surface area contributed by atoms with Gasteiger partial charge in [0.2, 0.25) is 11.8 Å². The van der Waals surface area contributed by atoms with Crippen LogP contribution < -0.4 is 0 Å². The summed E-state index contributed by atoms with van der Waals surface area (Å²) in [5.74, 6) is -0.143. The summed E-state index contributed by atoms with van der Waals surface area (Å²) >= 11 is 5.93. The fraction of sp³-hybridized carbons (Fsp3) is 0.600. The molecule has 1 aromatic rings. The molecular formula is C20H27ClN2O4. The van der Waals surface area contributed by atoms with Gasteiger partial charge in [0, 0.05) is 38.3 Å². The minimum Gasteiger partial charge on any atom is -0.385 e. The number of carbonyl (C=O) groups excluding carboxylic acids is 2. The van der Waals surface area contributed by atoms with Crippen molar-refractivity contribution in [1.29, 1.82) is 0 Å². The summed E-state index contributed by atoms with van der Waals surface area (Å²) < 4.78 is 4.92. The van der Waals surface area contributed by atoms with Crippen LogP contribution in [0, 0.1) is 5.92 Å². The smallest absolute Gasteiger partial charge is 0.248 e. The summed E-state index contributed by atoms with van der Waals surface area (Å²) in [7, 11) is 1.50. The molecule has 0 aliphatic carbocycles. The van der Waals surface area contributed by atoms with Crippen LogP contribution in [0.1, 0.15) is 31.2 Å². The van der Waals surface area contributed by atoms with Crippen molar-refractivity contribution in [2.45, 2.75) is 31.3 Å². The van der Waals surface area contributed by atoms with E-state index in [4.69, 9.17) is 16.3 Å². The number of amides is 2. The van der Waals surface area contributed by atoms with Gasteiger partial charge in [0.1, 0.15) is 6.61 Å². The number of carbonyl (C=O) groups is 2. The van der Waals surface area contributed by atoms with Crippen LogP contribution in [0.15, 0.2) is 24.3 Å². The van der Waals surface area contributed by atoms with E-state index in [1.165, 1.54) is 7.11 Å². The second-order valence-electron chi connectivity index (χ2n) is 7.48. The van der Waals surface area contributed by atoms with Gasteiger partial charge in [-0.15, -0.1) is 0 Å². The SMILES string of the molecule is COCC(=O)N1CCC[C@H](C(=O)N2CCC(O)(c3ccc(Cl)cc3)CC2)C1. The van der Waals surface area contributed by atoms with E-state index in [2.05, 4.69) is 0 Å². The number of ether oxygens (including phenoxy) is 1. The van der Waals surface area contributed by atoms with E-state index >= 15 is 0 Å². The highest BCUT2D eigenvalue weighted by Crippen LogP contribution is 2.34. The zero-order valence-corrected chi connectivity index (χ0v) is 16.5. The van der Waals surface area contributed by atoms with Gasteiger partial charge in [-0.3, -0.25) is 9.59 Å². The molecule has 2 saturated heterocycles. The molecule has 1 aromatic carbocycles. The number of piperidine rings is 2. The summed E-state index contributed by atoms with van der Waals surface area (Å²) in [6.07, 6.45) is 2.63. The number of hydrogen-bond acceptors (Lipinski definition) is 4. The van der Waals surface area contributed by atoms with Gasteiger partial charge < -0.3 is 19.6 Å². The lowest BCUT2D eigenvalue weighted by Gasteiger charge is -2.41. The third kappa shape index (κ3) is 4.62. The van der Waals surface area contributed by atoms with Crippen LogP contribution >= 0.6 is 11.6 Å². The maximum atomic E-state index is 12.9. The van der Waals surface area contributed by atoms with Crippen molar-refractivity contribution in [3.05, 3.63) is 34.9 Å². The average Bonchev–Trinajstić information content (AvgIpc) is 2.69. The molecule has 0 radical (unpaired) electrons. The van der Waals surface area contributed by atoms with E-state index in [1.54, 1.807) is 17.0 Å². The third-order valence-electron chi connectivity index (χ3n) is 5.67. The van der Waals surface area contributed by atoms with Crippen LogP contribution in [0.2, 0.25) is 5.02 Å². The van der Waals surface area contributed by atoms with Crippen molar-refractivity contribution in [3.8, 4) is 0 Å². The van der Waals surface area contributed by atoms with E-state index in [1.807, 2.05) is 17.0 Å². The highest BCUT2D eigenvalue weighted by atomic mass is 35.5. The standard InChI is InChI=1S/C20H27ClN2O4/c1-27-14-18(24)23-10-2-3-15(13-23)19(25)22-11-8-20(26,9-12-22)16-4-6-17(21)7-5-16/h4-7,15,26H,2-3,8-14H2,1H3/t15-/m0/s1. The summed E-state index contributed by atoms with van der Waals surface area (Å²) in [4.78, 5) is 28.5. The summed E-state index contributed by atoms with van der Waals surface area (Å²) in [6, 6.07) is 7.25. The van der Waals surface area contributed by atoms with Crippen molar-refractivity contribution in [2.24, 2.45) is 5.92 Å². The molecule has 7 heteroatoms. The Morgan fingerprint density at radius 2 is 1.85 bits per heavy atom. The van der Waals surface area contributed by atoms with Gasteiger partial charge >= 0.3 is 0 Å². The minimum absolute atomic E-state index is 0.0543. The molecule has 2 aliphatic heterocycles. The number of likely N-dealkylation sites (tertiary alicyclic amines) is 2. The van der Waals surface area contributed by atoms with Crippen LogP contribution in [-0.2, 0) is 19.9 Å². The lowest BCUT2D eigenvalue weighted by atomic mass is 9.84. The molecule has 2 aliphatic rings. The maximum Gasteiger partial charge on any atom is 0.248 e. The highest BCUT2D eigenvalue weighted by Gasteiger charge is 2.38. The molecule has 1 N–H and O–H groups in total. The fourth-order valence-electron chi connectivity index (χ4n) is 4.02. The topological polar surface area (TPSA) is 70.1 Å². The molecule has 0 bridgehead atoms. The van der Waals surface area contributed by atoms with Crippen LogP contribution in [0.25, 0.3) is 0 Å². The quantitative estimate of drug-likeness (QED) is 0.848. The molecule has 0 aromatic heterocycles. The zero-order chi connectivity index (χ0) is 19.4. The van der Waals surface area contributed by atoms with E-state index in [-0.39, 0.29) is 24.3 Å². The predicted molar refractivity (Wildman–Crippen MR) is 102 cm³/mol. The first-order chi connectivity index (χ1) is 12.9. The Bertz CT molecular complexity index is 671. The van der Waals surface area contributed by atoms with Gasteiger partial charge in [-0.2, -0.15) is 0 Å². The van der Waals surface area contributed by atoms with Gasteiger partial charge in [-0.1, -0.05) is 23.7 Å². The first kappa shape index (κ1) is 20.1. The second kappa shape index (κ2) is 8.59. The van der Waals surface area contributed by atoms with Gasteiger partial charge in [-0.05, 0) is 43.4 Å². The molecule has 2 amide bonds. The molecule has 2 heterocycles. The number of benzene rings is 1. The van der Waals surface area contributed by atoms with E-state index in [0.29, 0.717) is 44.0 Å². The Labute approximate surface area is 165 Å². The van der Waals surface area contributed by atoms with Crippen molar-refractivity contribution in [1.82, 2.24) is 9.80 Å². The van der Waals surface area contributed by atoms with Crippen LogP contribution in [0.5, 0.6) is 0 Å². The second-order valence-corrected chi connectivity index (χ2v) is 7.91. The molecule has 27 heavy (non-hydrogen) atoms. The molecule has 6 nitrogen and oxygen atoms in total. The Morgan fingerprint density at radius 1 is 1.19 bits per heavy atom. The van der Waals surface area contributed by atoms with Crippen LogP contribution in [0.3, 0.4) is 0 Å². The number of aliphatic hydroxyl groups is 1. The van der Waals surface area contributed by atoms with Crippen LogP contribution in [-0.4, -0.2) is 66.6 Å². The van der Waals surface area contributed by atoms with Crippen molar-refractivity contribution >= 4 is 23.4 Å². The average molecular weight is 395 g/mol. The lowest BCUT2D eigenvalue weighted by Crippen LogP contribution is -2.51. The summed E-state index contributed by atoms with van der Waals surface area (Å²) in [5.41, 5.74) is -0.0815. The third-order valence-corrected chi connectivity index (χ3v) is 5.93. The molecule has 0 saturated carbocycles. The largest absolute Gasteiger partial charge is 0.385 e. The lowest BCUT2D eigenvalue weighted by molar-refractivity contribution is -0.145. The predicted octanol–water partition coefficient (Wildman–Crippen LogP) is 2.04. The van der Waals surface area contributed by atoms with Gasteiger partial charge in [0.25, 0.3) is 0 Å². The Morgan fingerprint density at radius 3 is 2.48 bits per heavy atom. The van der Waals surface area contributed by atoms with E-state index < -0.39 is 5.60 Å². The van der Waals surface area contributed by atoms with Gasteiger partial charge in [-0.25, -0.2) is 0 Å². The van der Waals surface area contributed by atoms with E-state index in [9.17, 15) is 14.7 Å². The Kier molecular flexibility index (Phi) is 6.40. The molecule has 0 unspecified atom stereocenters. The van der Waals surface area contributed by atoms with Gasteiger partial charge in [0.05, 0.1) is 11.5 Å². The Balaban J connectivity index is 1.58. The monoisotopic (exact) mass is 394 g/mol. The van der Waals surface area contributed by atoms with Gasteiger partial charge in [0.15, 0.2) is 0 Å². The van der Waals surface area contributed by atoms with Crippen molar-refractivity contribution in [2.75, 3.05) is 39.9 Å². The molecular weight excluding hydrogens is 368 g/mol. The fourth-order valence-corrected chi connectivity index (χ4v) is 4.15. The number of nitrogens with zero attached hydrogens (tertiary/aromatic N) is 2. The number of hydrogen-bond donors (Lipinski definition) is 1. The minimum atomic E-state index is -0.922. The molecule has 1 atom stereocenters. The van der Waals surface area contributed by atoms with Crippen molar-refractivity contribution < 1.29 is 19.4 Å². The molecule has 0 spiro atoms. The highest BCUT2D eigenvalue weighted by molar-refractivity contribution is 6.30. The number of halogens is 1. The normalized spacial score (nSPS) is 22.6. The number of methoxy groups -OCH3 is 1. The van der Waals surface area contributed by atoms with Crippen LogP contribution in [0.4, 0.5) is 0 Å². The summed E-state index contributed by atoms with van der Waals surface area (Å²) in [6.45, 7) is 2.22. The first-order valence-corrected chi connectivity index (χ1v) is 9.85. The maximum absolute atomic E-state index is 12.9. The van der Waals surface area contributed by atoms with E-state index in [0.717, 1.165) is 18.4 Å². The Hall–Kier alpha value is -1.63. The molecule has 2 fully saturated rings. The summed E-state index contributed by atoms with van der Waals surface area (Å²) in [5, 5.41) is 11.6.